The Morgan fingerprint density at radius 2 is 1.90 bits per heavy atom. The zero-order chi connectivity index (χ0) is 13.9. The van der Waals surface area contributed by atoms with Crippen LogP contribution in [0.4, 0.5) is 0 Å². The Labute approximate surface area is 122 Å². The van der Waals surface area contributed by atoms with Crippen molar-refractivity contribution in [3.8, 4) is 11.5 Å². The molecule has 0 amide bonds. The SMILES string of the molecule is O=C(O)c1cccc2c1[Se]Cc1ccc(cc1)OCO2. The van der Waals surface area contributed by atoms with Crippen LogP contribution in [-0.4, -0.2) is 32.8 Å². The summed E-state index contributed by atoms with van der Waals surface area (Å²) in [5, 5.41) is 10.1. The van der Waals surface area contributed by atoms with E-state index < -0.39 is 5.97 Å². The number of rotatable bonds is 1. The van der Waals surface area contributed by atoms with E-state index in [0.717, 1.165) is 15.5 Å². The van der Waals surface area contributed by atoms with Crippen molar-refractivity contribution in [2.75, 3.05) is 6.79 Å². The van der Waals surface area contributed by atoms with Gasteiger partial charge in [-0.3, -0.25) is 0 Å². The first-order chi connectivity index (χ1) is 9.74. The molecule has 2 aliphatic rings. The molecule has 2 bridgehead atoms. The van der Waals surface area contributed by atoms with Gasteiger partial charge in [0.25, 0.3) is 0 Å². The van der Waals surface area contributed by atoms with Gasteiger partial charge in [0.2, 0.25) is 0 Å². The summed E-state index contributed by atoms with van der Waals surface area (Å²) < 4.78 is 11.9. The normalized spacial score (nSPS) is 13.6. The summed E-state index contributed by atoms with van der Waals surface area (Å²) in [6.07, 6.45) is 0. The zero-order valence-corrected chi connectivity index (χ0v) is 12.2. The Hall–Kier alpha value is -1.97. The van der Waals surface area contributed by atoms with E-state index in [4.69, 9.17) is 9.47 Å². The first kappa shape index (κ1) is 13.0. The van der Waals surface area contributed by atoms with Crippen molar-refractivity contribution in [1.29, 1.82) is 0 Å². The van der Waals surface area contributed by atoms with Gasteiger partial charge >= 0.3 is 122 Å². The van der Waals surface area contributed by atoms with E-state index in [2.05, 4.69) is 0 Å². The minimum atomic E-state index is -0.919. The van der Waals surface area contributed by atoms with Gasteiger partial charge < -0.3 is 0 Å². The molecule has 0 saturated carbocycles. The summed E-state index contributed by atoms with van der Waals surface area (Å²) in [6.45, 7) is 0.0749. The van der Waals surface area contributed by atoms with E-state index in [-0.39, 0.29) is 21.7 Å². The monoisotopic (exact) mass is 336 g/mol. The van der Waals surface area contributed by atoms with Crippen molar-refractivity contribution in [2.24, 2.45) is 0 Å². The third-order valence-electron chi connectivity index (χ3n) is 2.96. The van der Waals surface area contributed by atoms with Gasteiger partial charge in [-0.1, -0.05) is 0 Å². The fourth-order valence-corrected chi connectivity index (χ4v) is 4.22. The van der Waals surface area contributed by atoms with Crippen LogP contribution in [0.2, 0.25) is 0 Å². The van der Waals surface area contributed by atoms with E-state index in [1.165, 1.54) is 5.56 Å². The van der Waals surface area contributed by atoms with Crippen molar-refractivity contribution < 1.29 is 19.4 Å². The number of carboxylic acids is 1. The van der Waals surface area contributed by atoms with E-state index in [9.17, 15) is 9.90 Å². The van der Waals surface area contributed by atoms with Crippen molar-refractivity contribution in [3.63, 3.8) is 0 Å². The molecule has 0 aliphatic carbocycles. The molecule has 20 heavy (non-hydrogen) atoms. The Kier molecular flexibility index (Phi) is 3.63. The Morgan fingerprint density at radius 1 is 1.10 bits per heavy atom. The fourth-order valence-electron chi connectivity index (χ4n) is 1.95. The quantitative estimate of drug-likeness (QED) is 0.805. The number of benzene rings is 2. The average molecular weight is 335 g/mol. The number of hydrogen-bond donors (Lipinski definition) is 1. The van der Waals surface area contributed by atoms with Crippen molar-refractivity contribution in [2.45, 2.75) is 5.32 Å². The molecular weight excluding hydrogens is 323 g/mol. The van der Waals surface area contributed by atoms with Crippen molar-refractivity contribution >= 4 is 25.4 Å². The van der Waals surface area contributed by atoms with Gasteiger partial charge in [0.15, 0.2) is 0 Å². The van der Waals surface area contributed by atoms with E-state index in [0.29, 0.717) is 11.3 Å². The van der Waals surface area contributed by atoms with Crippen molar-refractivity contribution in [1.82, 2.24) is 0 Å². The molecule has 0 unspecified atom stereocenters. The number of fused-ring (bicyclic) bond motifs is 5. The first-order valence-corrected chi connectivity index (χ1v) is 8.14. The number of aromatic carboxylic acids is 1. The molecule has 102 valence electrons. The summed E-state index contributed by atoms with van der Waals surface area (Å²) in [5.74, 6) is 0.435. The Morgan fingerprint density at radius 3 is 2.65 bits per heavy atom. The van der Waals surface area contributed by atoms with Crippen LogP contribution in [0.15, 0.2) is 42.5 Å². The molecule has 0 radical (unpaired) electrons. The van der Waals surface area contributed by atoms with Crippen LogP contribution in [0, 0.1) is 0 Å². The second-order valence-corrected chi connectivity index (χ2v) is 6.34. The summed E-state index contributed by atoms with van der Waals surface area (Å²) in [7, 11) is 0. The van der Waals surface area contributed by atoms with Crippen LogP contribution in [0.25, 0.3) is 0 Å². The van der Waals surface area contributed by atoms with Gasteiger partial charge in [0.05, 0.1) is 0 Å². The molecule has 2 aromatic carbocycles. The van der Waals surface area contributed by atoms with Crippen molar-refractivity contribution in [3.05, 3.63) is 53.6 Å². The Balaban J connectivity index is 2.01. The maximum atomic E-state index is 11.3. The van der Waals surface area contributed by atoms with Gasteiger partial charge in [0, 0.05) is 0 Å². The molecule has 0 aromatic heterocycles. The second kappa shape index (κ2) is 5.57. The molecule has 2 heterocycles. The third-order valence-corrected chi connectivity index (χ3v) is 5.45. The zero-order valence-electron chi connectivity index (χ0n) is 10.5. The number of carbonyl (C=O) groups is 1. The van der Waals surface area contributed by atoms with Crippen LogP contribution >= 0.6 is 0 Å². The van der Waals surface area contributed by atoms with Gasteiger partial charge in [0.1, 0.15) is 0 Å². The van der Waals surface area contributed by atoms with Crippen LogP contribution < -0.4 is 13.9 Å². The standard InChI is InChI=1S/C15H12O4Se/c16-15(17)12-2-1-3-13-14(12)20-8-10-4-6-11(7-5-10)18-9-19-13/h1-7H,8-9H2,(H,16,17). The summed E-state index contributed by atoms with van der Waals surface area (Å²) in [4.78, 5) is 11.3. The molecule has 0 atom stereocenters. The minimum absolute atomic E-state index is 0.00380. The molecule has 0 saturated heterocycles. The molecule has 0 spiro atoms. The molecule has 2 aliphatic heterocycles. The number of carboxylic acid groups (broad SMARTS) is 1. The Bertz CT molecular complexity index is 637. The van der Waals surface area contributed by atoms with Crippen LogP contribution in [0.3, 0.4) is 0 Å². The van der Waals surface area contributed by atoms with Gasteiger partial charge in [-0.25, -0.2) is 0 Å². The first-order valence-electron chi connectivity index (χ1n) is 6.08. The molecule has 0 fully saturated rings. The summed E-state index contributed by atoms with van der Waals surface area (Å²) in [6, 6.07) is 12.9. The fraction of sp³-hybridized carbons (Fsp3) is 0.133. The summed E-state index contributed by atoms with van der Waals surface area (Å²) >= 11 is -0.00380. The molecule has 4 nitrogen and oxygen atoms in total. The van der Waals surface area contributed by atoms with Gasteiger partial charge in [-0.2, -0.15) is 0 Å². The molecule has 5 heteroatoms. The molecular formula is C15H12O4Se. The van der Waals surface area contributed by atoms with Gasteiger partial charge in [-0.05, 0) is 0 Å². The predicted octanol–water partition coefficient (Wildman–Crippen LogP) is 1.64. The van der Waals surface area contributed by atoms with Crippen LogP contribution in [-0.2, 0) is 5.32 Å². The predicted molar refractivity (Wildman–Crippen MR) is 75.1 cm³/mol. The average Bonchev–Trinajstić information content (AvgIpc) is 2.52. The van der Waals surface area contributed by atoms with Crippen LogP contribution in [0.1, 0.15) is 15.9 Å². The van der Waals surface area contributed by atoms with Crippen LogP contribution in [0.5, 0.6) is 11.5 Å². The molecule has 2 aromatic rings. The molecule has 4 rings (SSSR count). The number of ether oxygens (including phenoxy) is 2. The molecule has 1 N–H and O–H groups in total. The third kappa shape index (κ3) is 2.64. The van der Waals surface area contributed by atoms with E-state index >= 15 is 0 Å². The second-order valence-electron chi connectivity index (χ2n) is 4.28. The van der Waals surface area contributed by atoms with E-state index in [1.54, 1.807) is 18.2 Å². The topological polar surface area (TPSA) is 55.8 Å². The summed E-state index contributed by atoms with van der Waals surface area (Å²) in [5.41, 5.74) is 1.49. The van der Waals surface area contributed by atoms with Gasteiger partial charge in [-0.15, -0.1) is 0 Å². The number of hydrogen-bond acceptors (Lipinski definition) is 3. The maximum absolute atomic E-state index is 11.3. The van der Waals surface area contributed by atoms with E-state index in [1.807, 2.05) is 24.3 Å².